The minimum Gasteiger partial charge on any atom is -0.369 e. The molecule has 32 heavy (non-hydrogen) atoms. The average molecular weight is 449 g/mol. The topological polar surface area (TPSA) is 81.2 Å². The Morgan fingerprint density at radius 1 is 1.12 bits per heavy atom. The minimum atomic E-state index is -0.326. The van der Waals surface area contributed by atoms with Crippen molar-refractivity contribution in [2.75, 3.05) is 18.8 Å². The van der Waals surface area contributed by atoms with E-state index in [0.717, 1.165) is 34.9 Å². The number of benzene rings is 2. The van der Waals surface area contributed by atoms with Crippen LogP contribution in [0.4, 0.5) is 0 Å². The molecule has 2 heterocycles. The van der Waals surface area contributed by atoms with Crippen molar-refractivity contribution >= 4 is 23.6 Å². The number of nitrogens with zero attached hydrogens (tertiary/aromatic N) is 3. The molecule has 1 unspecified atom stereocenters. The molecule has 3 aromatic rings. The zero-order valence-electron chi connectivity index (χ0n) is 18.5. The molecule has 4 rings (SSSR count). The number of primary amides is 1. The van der Waals surface area contributed by atoms with Crippen LogP contribution in [0.15, 0.2) is 59.9 Å². The largest absolute Gasteiger partial charge is 0.369 e. The lowest BCUT2D eigenvalue weighted by atomic mass is 9.97. The second kappa shape index (κ2) is 9.61. The van der Waals surface area contributed by atoms with Gasteiger partial charge in [-0.05, 0) is 43.9 Å². The number of carbonyl (C=O) groups is 2. The average Bonchev–Trinajstić information content (AvgIpc) is 3.23. The second-order valence-corrected chi connectivity index (χ2v) is 9.16. The fourth-order valence-electron chi connectivity index (χ4n) is 4.11. The molecule has 2 aromatic carbocycles. The van der Waals surface area contributed by atoms with Crippen LogP contribution in [0.1, 0.15) is 24.0 Å². The fourth-order valence-corrected chi connectivity index (χ4v) is 5.00. The van der Waals surface area contributed by atoms with Crippen molar-refractivity contribution < 1.29 is 9.59 Å². The number of likely N-dealkylation sites (tertiary alicyclic amines) is 1. The summed E-state index contributed by atoms with van der Waals surface area (Å²) in [5, 5.41) is 0.773. The van der Waals surface area contributed by atoms with Crippen LogP contribution in [0.2, 0.25) is 0 Å². The van der Waals surface area contributed by atoms with Crippen LogP contribution in [0.3, 0.4) is 0 Å². The molecule has 1 fully saturated rings. The number of thioether (sulfide) groups is 1. The number of aryl methyl sites for hydroxylation is 1. The number of imidazole rings is 1. The Labute approximate surface area is 192 Å². The van der Waals surface area contributed by atoms with E-state index in [1.165, 1.54) is 22.9 Å². The molecular weight excluding hydrogens is 420 g/mol. The first-order valence-electron chi connectivity index (χ1n) is 10.9. The molecule has 0 radical (unpaired) electrons. The van der Waals surface area contributed by atoms with E-state index in [1.807, 2.05) is 30.5 Å². The van der Waals surface area contributed by atoms with Crippen molar-refractivity contribution in [3.8, 4) is 16.9 Å². The van der Waals surface area contributed by atoms with Gasteiger partial charge in [0, 0.05) is 18.7 Å². The number of aromatic nitrogens is 2. The zero-order chi connectivity index (χ0) is 22.7. The molecule has 1 atom stereocenters. The van der Waals surface area contributed by atoms with Gasteiger partial charge in [-0.2, -0.15) is 0 Å². The summed E-state index contributed by atoms with van der Waals surface area (Å²) in [5.41, 5.74) is 11.0. The lowest BCUT2D eigenvalue weighted by Crippen LogP contribution is -2.44. The molecule has 1 aliphatic rings. The minimum absolute atomic E-state index is 0.0118. The van der Waals surface area contributed by atoms with E-state index in [1.54, 1.807) is 4.90 Å². The Balaban J connectivity index is 1.62. The molecule has 2 amide bonds. The number of amides is 2. The quantitative estimate of drug-likeness (QED) is 0.579. The van der Waals surface area contributed by atoms with Gasteiger partial charge in [-0.1, -0.05) is 54.2 Å². The van der Waals surface area contributed by atoms with Crippen LogP contribution >= 0.6 is 11.8 Å². The molecule has 0 saturated carbocycles. The standard InChI is InChI=1S/C25H28N4O2S/c1-17-8-6-12-21(18(17)2)29-22(19-9-4-3-5-10-19)14-27-25(29)32-16-23(30)28-13-7-11-20(15-28)24(26)31/h3-6,8-10,12,14,20H,7,11,13,15-16H2,1-2H3,(H2,26,31). The van der Waals surface area contributed by atoms with Crippen molar-refractivity contribution in [2.24, 2.45) is 11.7 Å². The third kappa shape index (κ3) is 4.58. The summed E-state index contributed by atoms with van der Waals surface area (Å²) in [4.78, 5) is 30.9. The first kappa shape index (κ1) is 22.1. The molecule has 0 spiro atoms. The Kier molecular flexibility index (Phi) is 6.65. The molecule has 1 aliphatic heterocycles. The van der Waals surface area contributed by atoms with Crippen LogP contribution in [-0.4, -0.2) is 45.1 Å². The van der Waals surface area contributed by atoms with Crippen molar-refractivity contribution in [3.63, 3.8) is 0 Å². The maximum absolute atomic E-state index is 12.9. The summed E-state index contributed by atoms with van der Waals surface area (Å²) in [7, 11) is 0. The molecule has 6 nitrogen and oxygen atoms in total. The van der Waals surface area contributed by atoms with E-state index in [0.29, 0.717) is 13.1 Å². The predicted molar refractivity (Wildman–Crippen MR) is 128 cm³/mol. The molecule has 166 valence electrons. The van der Waals surface area contributed by atoms with Crippen molar-refractivity contribution in [1.82, 2.24) is 14.5 Å². The number of hydrogen-bond acceptors (Lipinski definition) is 4. The zero-order valence-corrected chi connectivity index (χ0v) is 19.3. The van der Waals surface area contributed by atoms with Gasteiger partial charge in [0.2, 0.25) is 11.8 Å². The van der Waals surface area contributed by atoms with E-state index < -0.39 is 0 Å². The van der Waals surface area contributed by atoms with Gasteiger partial charge < -0.3 is 10.6 Å². The van der Waals surface area contributed by atoms with Crippen molar-refractivity contribution in [1.29, 1.82) is 0 Å². The Hall–Kier alpha value is -3.06. The number of carbonyl (C=O) groups excluding carboxylic acids is 2. The molecule has 1 saturated heterocycles. The van der Waals surface area contributed by atoms with Gasteiger partial charge in [0.05, 0.1) is 29.2 Å². The number of hydrogen-bond donors (Lipinski definition) is 1. The maximum Gasteiger partial charge on any atom is 0.233 e. The SMILES string of the molecule is Cc1cccc(-n2c(-c3ccccc3)cnc2SCC(=O)N2CCCC(C(N)=O)C2)c1C. The summed E-state index contributed by atoms with van der Waals surface area (Å²) in [6.07, 6.45) is 3.43. The van der Waals surface area contributed by atoms with Gasteiger partial charge in [0.1, 0.15) is 0 Å². The summed E-state index contributed by atoms with van der Waals surface area (Å²) < 4.78 is 2.14. The van der Waals surface area contributed by atoms with Crippen LogP contribution < -0.4 is 5.73 Å². The predicted octanol–water partition coefficient (Wildman–Crippen LogP) is 3.97. The highest BCUT2D eigenvalue weighted by Crippen LogP contribution is 2.32. The maximum atomic E-state index is 12.9. The molecule has 0 aliphatic carbocycles. The molecule has 1 aromatic heterocycles. The van der Waals surface area contributed by atoms with Crippen LogP contribution in [0.5, 0.6) is 0 Å². The van der Waals surface area contributed by atoms with E-state index in [4.69, 9.17) is 5.73 Å². The van der Waals surface area contributed by atoms with Gasteiger partial charge in [-0.3, -0.25) is 14.2 Å². The lowest BCUT2D eigenvalue weighted by Gasteiger charge is -2.31. The summed E-state index contributed by atoms with van der Waals surface area (Å²) in [5.74, 6) is -0.299. The second-order valence-electron chi connectivity index (χ2n) is 8.22. The molecule has 7 heteroatoms. The smallest absolute Gasteiger partial charge is 0.233 e. The van der Waals surface area contributed by atoms with Crippen LogP contribution in [-0.2, 0) is 9.59 Å². The van der Waals surface area contributed by atoms with Gasteiger partial charge in [-0.25, -0.2) is 4.98 Å². The molecule has 2 N–H and O–H groups in total. The van der Waals surface area contributed by atoms with Gasteiger partial charge in [-0.15, -0.1) is 0 Å². The summed E-state index contributed by atoms with van der Waals surface area (Å²) in [6, 6.07) is 16.4. The van der Waals surface area contributed by atoms with E-state index in [9.17, 15) is 9.59 Å². The first-order chi connectivity index (χ1) is 15.5. The Morgan fingerprint density at radius 2 is 1.91 bits per heavy atom. The summed E-state index contributed by atoms with van der Waals surface area (Å²) >= 11 is 1.43. The normalized spacial score (nSPS) is 16.2. The van der Waals surface area contributed by atoms with E-state index in [-0.39, 0.29) is 23.5 Å². The highest BCUT2D eigenvalue weighted by Gasteiger charge is 2.27. The highest BCUT2D eigenvalue weighted by molar-refractivity contribution is 7.99. The fraction of sp³-hybridized carbons (Fsp3) is 0.320. The first-order valence-corrected chi connectivity index (χ1v) is 11.8. The van der Waals surface area contributed by atoms with E-state index >= 15 is 0 Å². The van der Waals surface area contributed by atoms with Gasteiger partial charge in [0.25, 0.3) is 0 Å². The number of rotatable bonds is 6. The van der Waals surface area contributed by atoms with E-state index in [2.05, 4.69) is 47.7 Å². The van der Waals surface area contributed by atoms with Gasteiger partial charge >= 0.3 is 0 Å². The Morgan fingerprint density at radius 3 is 2.66 bits per heavy atom. The molecular formula is C25H28N4O2S. The third-order valence-corrected chi connectivity index (χ3v) is 7.05. The van der Waals surface area contributed by atoms with Gasteiger partial charge in [0.15, 0.2) is 5.16 Å². The number of piperidine rings is 1. The summed E-state index contributed by atoms with van der Waals surface area (Å²) in [6.45, 7) is 5.29. The molecule has 0 bridgehead atoms. The number of nitrogens with two attached hydrogens (primary N) is 1. The third-order valence-electron chi connectivity index (χ3n) is 6.12. The highest BCUT2D eigenvalue weighted by atomic mass is 32.2. The van der Waals surface area contributed by atoms with Crippen LogP contribution in [0, 0.1) is 19.8 Å². The van der Waals surface area contributed by atoms with Crippen molar-refractivity contribution in [3.05, 3.63) is 65.9 Å². The monoisotopic (exact) mass is 448 g/mol. The Bertz CT molecular complexity index is 1130. The van der Waals surface area contributed by atoms with Crippen LogP contribution in [0.25, 0.3) is 16.9 Å². The lowest BCUT2D eigenvalue weighted by molar-refractivity contribution is -0.132. The van der Waals surface area contributed by atoms with Crippen molar-refractivity contribution in [2.45, 2.75) is 31.8 Å².